The van der Waals surface area contributed by atoms with Crippen molar-refractivity contribution in [3.8, 4) is 0 Å². The number of rotatable bonds is 7. The third-order valence-corrected chi connectivity index (χ3v) is 5.06. The van der Waals surface area contributed by atoms with Crippen LogP contribution < -0.4 is 10.6 Å². The molecule has 2 aromatic rings. The smallest absolute Gasteiger partial charge is 0.355 e. The van der Waals surface area contributed by atoms with Crippen LogP contribution in [0.25, 0.3) is 0 Å². The van der Waals surface area contributed by atoms with Crippen LogP contribution in [0.2, 0.25) is 0 Å². The maximum atomic E-state index is 12.7. The molecule has 29 heavy (non-hydrogen) atoms. The largest absolute Gasteiger partial charge is 0.416 e. The molecule has 1 unspecified atom stereocenters. The van der Waals surface area contributed by atoms with E-state index in [1.807, 2.05) is 12.1 Å². The van der Waals surface area contributed by atoms with Gasteiger partial charge < -0.3 is 10.6 Å². The Morgan fingerprint density at radius 1 is 1.07 bits per heavy atom. The van der Waals surface area contributed by atoms with Crippen molar-refractivity contribution < 1.29 is 18.0 Å². The van der Waals surface area contributed by atoms with Crippen LogP contribution in [0.1, 0.15) is 28.7 Å². The van der Waals surface area contributed by atoms with Gasteiger partial charge in [0.15, 0.2) is 0 Å². The molecular formula is C22H26ClF3N2O. The molecule has 2 N–H and O–H groups in total. The molecule has 1 aliphatic rings. The van der Waals surface area contributed by atoms with Gasteiger partial charge in [-0.2, -0.15) is 13.2 Å². The highest BCUT2D eigenvalue weighted by Gasteiger charge is 2.30. The number of hydrogen-bond donors (Lipinski definition) is 2. The van der Waals surface area contributed by atoms with Crippen LogP contribution in [0.15, 0.2) is 48.5 Å². The molecule has 2 aromatic carbocycles. The Morgan fingerprint density at radius 3 is 2.45 bits per heavy atom. The molecule has 0 radical (unpaired) electrons. The van der Waals surface area contributed by atoms with Gasteiger partial charge in [-0.05, 0) is 61.0 Å². The van der Waals surface area contributed by atoms with Crippen LogP contribution >= 0.6 is 12.4 Å². The molecule has 158 valence electrons. The van der Waals surface area contributed by atoms with Crippen molar-refractivity contribution in [3.05, 3.63) is 70.8 Å². The summed E-state index contributed by atoms with van der Waals surface area (Å²) in [5.41, 5.74) is 2.11. The highest BCUT2D eigenvalue weighted by atomic mass is 35.5. The number of carbonyl (C=O) groups excluding carboxylic acids is 1. The lowest BCUT2D eigenvalue weighted by Gasteiger charge is -2.10. The first-order valence-electron chi connectivity index (χ1n) is 9.61. The molecular weight excluding hydrogens is 401 g/mol. The van der Waals surface area contributed by atoms with E-state index in [-0.39, 0.29) is 24.7 Å². The topological polar surface area (TPSA) is 41.1 Å². The summed E-state index contributed by atoms with van der Waals surface area (Å²) in [7, 11) is 0. The van der Waals surface area contributed by atoms with Crippen LogP contribution in [0, 0.1) is 5.92 Å². The van der Waals surface area contributed by atoms with E-state index in [2.05, 4.69) is 22.8 Å². The highest BCUT2D eigenvalue weighted by Crippen LogP contribution is 2.29. The Morgan fingerprint density at radius 2 is 1.79 bits per heavy atom. The van der Waals surface area contributed by atoms with Gasteiger partial charge in [-0.3, -0.25) is 4.79 Å². The lowest BCUT2D eigenvalue weighted by Crippen LogP contribution is -2.27. The molecule has 0 saturated carbocycles. The van der Waals surface area contributed by atoms with E-state index < -0.39 is 11.7 Å². The lowest BCUT2D eigenvalue weighted by atomic mass is 9.97. The highest BCUT2D eigenvalue weighted by molar-refractivity contribution is 5.85. The Hall–Kier alpha value is -2.05. The van der Waals surface area contributed by atoms with Gasteiger partial charge in [0.05, 0.1) is 12.0 Å². The maximum Gasteiger partial charge on any atom is 0.416 e. The van der Waals surface area contributed by atoms with Crippen molar-refractivity contribution in [1.82, 2.24) is 10.6 Å². The van der Waals surface area contributed by atoms with Crippen molar-refractivity contribution in [2.45, 2.75) is 31.9 Å². The average Bonchev–Trinajstić information content (AvgIpc) is 3.16. The summed E-state index contributed by atoms with van der Waals surface area (Å²) in [6.45, 7) is 2.46. The fourth-order valence-corrected chi connectivity index (χ4v) is 3.51. The maximum absolute atomic E-state index is 12.7. The molecule has 1 atom stereocenters. The number of carbonyl (C=O) groups is 1. The van der Waals surface area contributed by atoms with Crippen LogP contribution in [-0.4, -0.2) is 25.5 Å². The predicted molar refractivity (Wildman–Crippen MR) is 110 cm³/mol. The number of alkyl halides is 3. The minimum atomic E-state index is -4.35. The molecule has 3 nitrogen and oxygen atoms in total. The van der Waals surface area contributed by atoms with Gasteiger partial charge in [-0.25, -0.2) is 0 Å². The van der Waals surface area contributed by atoms with Crippen molar-refractivity contribution in [3.63, 3.8) is 0 Å². The fourth-order valence-electron chi connectivity index (χ4n) is 3.51. The molecule has 1 saturated heterocycles. The summed E-state index contributed by atoms with van der Waals surface area (Å²) in [6.07, 6.45) is -1.45. The van der Waals surface area contributed by atoms with Gasteiger partial charge in [-0.15, -0.1) is 12.4 Å². The summed E-state index contributed by atoms with van der Waals surface area (Å²) in [4.78, 5) is 12.1. The van der Waals surface area contributed by atoms with Gasteiger partial charge >= 0.3 is 6.18 Å². The standard InChI is InChI=1S/C22H25F3N2O.ClH/c23-22(24,25)20-3-1-2-16(13-20)9-11-27-21(28)14-18-6-4-17(5-7-18)12-19-8-10-26-15-19;/h1-7,13,19,26H,8-12,14-15H2,(H,27,28);1H. The van der Waals surface area contributed by atoms with Gasteiger partial charge in [-0.1, -0.05) is 42.5 Å². The molecule has 1 amide bonds. The van der Waals surface area contributed by atoms with Gasteiger partial charge in [0, 0.05) is 6.54 Å². The third-order valence-electron chi connectivity index (χ3n) is 5.06. The minimum absolute atomic E-state index is 0. The molecule has 7 heteroatoms. The summed E-state index contributed by atoms with van der Waals surface area (Å²) in [5, 5.41) is 6.15. The Balaban J connectivity index is 0.00000300. The van der Waals surface area contributed by atoms with E-state index in [0.717, 1.165) is 37.2 Å². The van der Waals surface area contributed by atoms with Crippen LogP contribution in [0.5, 0.6) is 0 Å². The predicted octanol–water partition coefficient (Wildman–Crippen LogP) is 4.18. The second-order valence-electron chi connectivity index (χ2n) is 7.35. The summed E-state index contributed by atoms with van der Waals surface area (Å²) < 4.78 is 38.2. The lowest BCUT2D eigenvalue weighted by molar-refractivity contribution is -0.137. The number of halogens is 4. The third kappa shape index (κ3) is 7.37. The summed E-state index contributed by atoms with van der Waals surface area (Å²) >= 11 is 0. The van der Waals surface area contributed by atoms with E-state index in [4.69, 9.17) is 0 Å². The van der Waals surface area contributed by atoms with Crippen molar-refractivity contribution >= 4 is 18.3 Å². The molecule has 0 aromatic heterocycles. The second-order valence-corrected chi connectivity index (χ2v) is 7.35. The monoisotopic (exact) mass is 426 g/mol. The minimum Gasteiger partial charge on any atom is -0.355 e. The Labute approximate surface area is 175 Å². The van der Waals surface area contributed by atoms with Crippen molar-refractivity contribution in [2.24, 2.45) is 5.92 Å². The van der Waals surface area contributed by atoms with Crippen LogP contribution in [-0.2, 0) is 30.2 Å². The number of amides is 1. The normalized spacial score (nSPS) is 16.3. The summed E-state index contributed by atoms with van der Waals surface area (Å²) in [6, 6.07) is 13.3. The first kappa shape index (κ1) is 23.2. The van der Waals surface area contributed by atoms with E-state index in [1.54, 1.807) is 6.07 Å². The molecule has 0 aliphatic carbocycles. The first-order chi connectivity index (χ1) is 13.4. The SMILES string of the molecule is Cl.O=C(Cc1ccc(CC2CCNC2)cc1)NCCc1cccc(C(F)(F)F)c1. The van der Waals surface area contributed by atoms with E-state index in [9.17, 15) is 18.0 Å². The van der Waals surface area contributed by atoms with Crippen molar-refractivity contribution in [1.29, 1.82) is 0 Å². The van der Waals surface area contributed by atoms with Crippen LogP contribution in [0.4, 0.5) is 13.2 Å². The van der Waals surface area contributed by atoms with Gasteiger partial charge in [0.1, 0.15) is 0 Å². The van der Waals surface area contributed by atoms with E-state index >= 15 is 0 Å². The Bertz CT molecular complexity index is 787. The molecule has 0 spiro atoms. The average molecular weight is 427 g/mol. The van der Waals surface area contributed by atoms with E-state index in [1.165, 1.54) is 18.1 Å². The first-order valence-corrected chi connectivity index (χ1v) is 9.61. The van der Waals surface area contributed by atoms with Crippen molar-refractivity contribution in [2.75, 3.05) is 19.6 Å². The number of hydrogen-bond acceptors (Lipinski definition) is 2. The fraction of sp³-hybridized carbons (Fsp3) is 0.409. The molecule has 3 rings (SSSR count). The zero-order chi connectivity index (χ0) is 20.0. The Kier molecular flexibility index (Phi) is 8.53. The zero-order valence-corrected chi connectivity index (χ0v) is 16.9. The zero-order valence-electron chi connectivity index (χ0n) is 16.1. The number of nitrogens with one attached hydrogen (secondary N) is 2. The van der Waals surface area contributed by atoms with Crippen LogP contribution in [0.3, 0.4) is 0 Å². The molecule has 1 fully saturated rings. The molecule has 0 bridgehead atoms. The molecule has 1 heterocycles. The quantitative estimate of drug-likeness (QED) is 0.697. The van der Waals surface area contributed by atoms with Gasteiger partial charge in [0.25, 0.3) is 0 Å². The van der Waals surface area contributed by atoms with E-state index in [0.29, 0.717) is 24.4 Å². The summed E-state index contributed by atoms with van der Waals surface area (Å²) in [5.74, 6) is 0.560. The second kappa shape index (κ2) is 10.6. The molecule has 1 aliphatic heterocycles. The van der Waals surface area contributed by atoms with Gasteiger partial charge in [0.2, 0.25) is 5.91 Å². The number of benzene rings is 2.